The third-order valence-electron chi connectivity index (χ3n) is 3.96. The van der Waals surface area contributed by atoms with Crippen molar-refractivity contribution in [1.82, 2.24) is 10.6 Å². The molecule has 1 fully saturated rings. The van der Waals surface area contributed by atoms with Crippen LogP contribution in [0.2, 0.25) is 0 Å². The predicted octanol–water partition coefficient (Wildman–Crippen LogP) is 1.75. The van der Waals surface area contributed by atoms with Gasteiger partial charge < -0.3 is 15.4 Å². The van der Waals surface area contributed by atoms with Gasteiger partial charge >= 0.3 is 0 Å². The number of carbonyl (C=O) groups is 1. The molecule has 1 heterocycles. The van der Waals surface area contributed by atoms with Gasteiger partial charge in [-0.15, -0.1) is 0 Å². The van der Waals surface area contributed by atoms with Gasteiger partial charge in [-0.1, -0.05) is 19.1 Å². The van der Waals surface area contributed by atoms with E-state index in [9.17, 15) is 4.79 Å². The Balaban J connectivity index is 1.93. The minimum Gasteiger partial charge on any atom is -0.383 e. The monoisotopic (exact) mass is 276 g/mol. The minimum atomic E-state index is -0.103. The molecule has 1 unspecified atom stereocenters. The van der Waals surface area contributed by atoms with Gasteiger partial charge in [-0.25, -0.2) is 0 Å². The van der Waals surface area contributed by atoms with E-state index in [4.69, 9.17) is 4.74 Å². The summed E-state index contributed by atoms with van der Waals surface area (Å²) in [6.07, 6.45) is 3.16. The van der Waals surface area contributed by atoms with Gasteiger partial charge in [-0.3, -0.25) is 4.79 Å². The van der Waals surface area contributed by atoms with Crippen molar-refractivity contribution in [2.45, 2.75) is 31.7 Å². The van der Waals surface area contributed by atoms with Crippen LogP contribution in [-0.4, -0.2) is 38.3 Å². The summed E-state index contributed by atoms with van der Waals surface area (Å²) >= 11 is 0. The van der Waals surface area contributed by atoms with E-state index >= 15 is 0 Å². The number of benzene rings is 1. The predicted molar refractivity (Wildman–Crippen MR) is 80.0 cm³/mol. The molecule has 1 aliphatic heterocycles. The number of rotatable bonds is 6. The highest BCUT2D eigenvalue weighted by Gasteiger charge is 2.33. The quantitative estimate of drug-likeness (QED) is 0.832. The van der Waals surface area contributed by atoms with Crippen molar-refractivity contribution in [3.05, 3.63) is 35.4 Å². The molecular weight excluding hydrogens is 252 g/mol. The molecule has 1 atom stereocenters. The van der Waals surface area contributed by atoms with Crippen molar-refractivity contribution < 1.29 is 9.53 Å². The molecule has 1 aromatic carbocycles. The van der Waals surface area contributed by atoms with Crippen LogP contribution < -0.4 is 10.6 Å². The zero-order valence-electron chi connectivity index (χ0n) is 12.4. The van der Waals surface area contributed by atoms with E-state index in [0.29, 0.717) is 18.7 Å². The number of amides is 1. The Bertz CT molecular complexity index is 436. The first-order chi connectivity index (χ1) is 9.69. The minimum absolute atomic E-state index is 0.0168. The maximum absolute atomic E-state index is 12.2. The van der Waals surface area contributed by atoms with Crippen molar-refractivity contribution in [2.75, 3.05) is 26.8 Å². The van der Waals surface area contributed by atoms with Crippen molar-refractivity contribution >= 4 is 5.91 Å². The fourth-order valence-corrected chi connectivity index (χ4v) is 2.71. The summed E-state index contributed by atoms with van der Waals surface area (Å²) in [4.78, 5) is 12.2. The molecule has 1 aromatic rings. The van der Waals surface area contributed by atoms with Gasteiger partial charge in [-0.2, -0.15) is 0 Å². The van der Waals surface area contributed by atoms with Crippen LogP contribution in [0.5, 0.6) is 0 Å². The Morgan fingerprint density at radius 1 is 1.40 bits per heavy atom. The lowest BCUT2D eigenvalue weighted by Gasteiger charge is -2.29. The highest BCUT2D eigenvalue weighted by molar-refractivity contribution is 5.94. The molecule has 1 saturated heterocycles. The molecule has 0 aliphatic carbocycles. The van der Waals surface area contributed by atoms with Gasteiger partial charge in [0.15, 0.2) is 0 Å². The van der Waals surface area contributed by atoms with Crippen LogP contribution in [-0.2, 0) is 11.2 Å². The van der Waals surface area contributed by atoms with Crippen LogP contribution in [0.15, 0.2) is 24.3 Å². The summed E-state index contributed by atoms with van der Waals surface area (Å²) in [5.74, 6) is -0.0168. The number of ether oxygens (including phenoxy) is 1. The van der Waals surface area contributed by atoms with E-state index in [0.717, 1.165) is 25.8 Å². The Kier molecular flexibility index (Phi) is 5.15. The summed E-state index contributed by atoms with van der Waals surface area (Å²) in [6, 6.07) is 7.79. The van der Waals surface area contributed by atoms with Crippen LogP contribution in [0.1, 0.15) is 35.7 Å². The van der Waals surface area contributed by atoms with E-state index in [1.807, 2.05) is 24.3 Å². The molecule has 1 amide bonds. The lowest BCUT2D eigenvalue weighted by atomic mass is 9.98. The third-order valence-corrected chi connectivity index (χ3v) is 3.96. The molecule has 0 bridgehead atoms. The first kappa shape index (κ1) is 15.0. The molecule has 2 N–H and O–H groups in total. The highest BCUT2D eigenvalue weighted by atomic mass is 16.5. The lowest BCUT2D eigenvalue weighted by molar-refractivity contribution is 0.0892. The molecule has 1 aliphatic rings. The number of hydrogen-bond donors (Lipinski definition) is 2. The van der Waals surface area contributed by atoms with E-state index in [1.165, 1.54) is 5.56 Å². The molecule has 4 nitrogen and oxygen atoms in total. The van der Waals surface area contributed by atoms with E-state index in [2.05, 4.69) is 17.6 Å². The SMILES string of the molecule is CCc1ccc(C(=O)NCC2(COC)CCCN2)cc1. The third kappa shape index (κ3) is 3.58. The zero-order chi connectivity index (χ0) is 14.4. The summed E-state index contributed by atoms with van der Waals surface area (Å²) in [7, 11) is 1.70. The molecule has 110 valence electrons. The second kappa shape index (κ2) is 6.86. The van der Waals surface area contributed by atoms with Crippen molar-refractivity contribution in [2.24, 2.45) is 0 Å². The Morgan fingerprint density at radius 3 is 2.70 bits per heavy atom. The lowest BCUT2D eigenvalue weighted by Crippen LogP contribution is -2.52. The summed E-state index contributed by atoms with van der Waals surface area (Å²) in [6.45, 7) is 4.33. The average molecular weight is 276 g/mol. The van der Waals surface area contributed by atoms with Gasteiger partial charge in [0.1, 0.15) is 0 Å². The number of aryl methyl sites for hydroxylation is 1. The number of hydrogen-bond acceptors (Lipinski definition) is 3. The van der Waals surface area contributed by atoms with E-state index in [-0.39, 0.29) is 11.4 Å². The van der Waals surface area contributed by atoms with Crippen molar-refractivity contribution in [3.63, 3.8) is 0 Å². The Labute approximate surface area is 120 Å². The largest absolute Gasteiger partial charge is 0.383 e. The molecule has 0 saturated carbocycles. The van der Waals surface area contributed by atoms with Crippen LogP contribution in [0.25, 0.3) is 0 Å². The first-order valence-electron chi connectivity index (χ1n) is 7.30. The summed E-state index contributed by atoms with van der Waals surface area (Å²) < 4.78 is 5.28. The van der Waals surface area contributed by atoms with Crippen LogP contribution >= 0.6 is 0 Å². The fourth-order valence-electron chi connectivity index (χ4n) is 2.71. The van der Waals surface area contributed by atoms with Gasteiger partial charge in [0.25, 0.3) is 5.91 Å². The fraction of sp³-hybridized carbons (Fsp3) is 0.562. The molecule has 20 heavy (non-hydrogen) atoms. The molecule has 0 aromatic heterocycles. The number of nitrogens with one attached hydrogen (secondary N) is 2. The average Bonchev–Trinajstić information content (AvgIpc) is 2.94. The van der Waals surface area contributed by atoms with E-state index in [1.54, 1.807) is 7.11 Å². The second-order valence-electron chi connectivity index (χ2n) is 5.48. The van der Waals surface area contributed by atoms with Gasteiger partial charge in [0.2, 0.25) is 0 Å². The van der Waals surface area contributed by atoms with Crippen LogP contribution in [0.3, 0.4) is 0 Å². The van der Waals surface area contributed by atoms with Crippen molar-refractivity contribution in [1.29, 1.82) is 0 Å². The van der Waals surface area contributed by atoms with Gasteiger partial charge in [0.05, 0.1) is 12.1 Å². The summed E-state index contributed by atoms with van der Waals surface area (Å²) in [5.41, 5.74) is 1.86. The number of carbonyl (C=O) groups excluding carboxylic acids is 1. The van der Waals surface area contributed by atoms with Gasteiger partial charge in [0, 0.05) is 19.2 Å². The standard InChI is InChI=1S/C16H24N2O2/c1-3-13-5-7-14(8-6-13)15(19)17-11-16(12-20-2)9-4-10-18-16/h5-8,18H,3-4,9-12H2,1-2H3,(H,17,19). The normalized spacial score (nSPS) is 21.9. The Hall–Kier alpha value is -1.39. The highest BCUT2D eigenvalue weighted by Crippen LogP contribution is 2.19. The maximum Gasteiger partial charge on any atom is 0.251 e. The zero-order valence-corrected chi connectivity index (χ0v) is 12.4. The molecule has 2 rings (SSSR count). The molecule has 0 spiro atoms. The molecule has 4 heteroatoms. The summed E-state index contributed by atoms with van der Waals surface area (Å²) in [5, 5.41) is 6.48. The second-order valence-corrected chi connectivity index (χ2v) is 5.48. The molecule has 0 radical (unpaired) electrons. The maximum atomic E-state index is 12.2. The Morgan fingerprint density at radius 2 is 2.15 bits per heavy atom. The topological polar surface area (TPSA) is 50.4 Å². The van der Waals surface area contributed by atoms with E-state index < -0.39 is 0 Å². The van der Waals surface area contributed by atoms with Crippen LogP contribution in [0, 0.1) is 0 Å². The number of methoxy groups -OCH3 is 1. The molecular formula is C16H24N2O2. The van der Waals surface area contributed by atoms with Crippen molar-refractivity contribution in [3.8, 4) is 0 Å². The first-order valence-corrected chi connectivity index (χ1v) is 7.30. The van der Waals surface area contributed by atoms with Gasteiger partial charge in [-0.05, 0) is 43.5 Å². The smallest absolute Gasteiger partial charge is 0.251 e. The van der Waals surface area contributed by atoms with Crippen LogP contribution in [0.4, 0.5) is 0 Å².